The fourth-order valence-electron chi connectivity index (χ4n) is 2.12. The zero-order valence-corrected chi connectivity index (χ0v) is 8.84. The number of carbonyl (C=O) groups excluding carboxylic acids is 1. The summed E-state index contributed by atoms with van der Waals surface area (Å²) in [4.78, 5) is 13.2. The summed E-state index contributed by atoms with van der Waals surface area (Å²) in [5, 5.41) is 6.12. The van der Waals surface area contributed by atoms with E-state index in [0.717, 1.165) is 19.4 Å². The van der Waals surface area contributed by atoms with Gasteiger partial charge >= 0.3 is 6.03 Å². The number of rotatable bonds is 1. The average Bonchev–Trinajstić information content (AvgIpc) is 2.66. The standard InChI is InChI=1S/C10H18FN3O/c11-8-4-6-14(7-8)10(15)13-9-3-1-2-5-12-9/h8-9,12H,1-7H2,(H,13,15). The van der Waals surface area contributed by atoms with Crippen LogP contribution >= 0.6 is 0 Å². The van der Waals surface area contributed by atoms with Crippen LogP contribution in [0, 0.1) is 0 Å². The first-order valence-corrected chi connectivity index (χ1v) is 5.68. The van der Waals surface area contributed by atoms with Crippen LogP contribution < -0.4 is 10.6 Å². The van der Waals surface area contributed by atoms with Crippen molar-refractivity contribution in [2.75, 3.05) is 19.6 Å². The Morgan fingerprint density at radius 3 is 2.87 bits per heavy atom. The van der Waals surface area contributed by atoms with Crippen LogP contribution in [-0.2, 0) is 0 Å². The minimum atomic E-state index is -0.838. The van der Waals surface area contributed by atoms with Crippen LogP contribution in [0.1, 0.15) is 25.7 Å². The van der Waals surface area contributed by atoms with E-state index in [-0.39, 0.29) is 18.7 Å². The first-order valence-electron chi connectivity index (χ1n) is 5.68. The highest BCUT2D eigenvalue weighted by Gasteiger charge is 2.27. The summed E-state index contributed by atoms with van der Waals surface area (Å²) in [6, 6.07) is -0.130. The quantitative estimate of drug-likeness (QED) is 0.680. The molecule has 5 heteroatoms. The Morgan fingerprint density at radius 1 is 1.40 bits per heavy atom. The molecule has 0 radical (unpaired) electrons. The number of amides is 2. The van der Waals surface area contributed by atoms with Gasteiger partial charge in [-0.15, -0.1) is 0 Å². The van der Waals surface area contributed by atoms with Gasteiger partial charge in [0.2, 0.25) is 0 Å². The van der Waals surface area contributed by atoms with Crippen LogP contribution in [0.2, 0.25) is 0 Å². The Bertz CT molecular complexity index is 231. The summed E-state index contributed by atoms with van der Waals surface area (Å²) < 4.78 is 12.9. The van der Waals surface area contributed by atoms with Crippen molar-refractivity contribution in [2.24, 2.45) is 0 Å². The second-order valence-corrected chi connectivity index (χ2v) is 4.28. The number of likely N-dealkylation sites (tertiary alicyclic amines) is 1. The van der Waals surface area contributed by atoms with Gasteiger partial charge in [0.1, 0.15) is 6.17 Å². The van der Waals surface area contributed by atoms with E-state index in [1.165, 1.54) is 6.42 Å². The predicted molar refractivity (Wildman–Crippen MR) is 55.3 cm³/mol. The lowest BCUT2D eigenvalue weighted by atomic mass is 10.1. The Hall–Kier alpha value is -0.840. The first kappa shape index (κ1) is 10.7. The van der Waals surface area contributed by atoms with Gasteiger partial charge in [0.15, 0.2) is 0 Å². The van der Waals surface area contributed by atoms with Crippen molar-refractivity contribution in [3.63, 3.8) is 0 Å². The van der Waals surface area contributed by atoms with E-state index in [9.17, 15) is 9.18 Å². The molecule has 4 nitrogen and oxygen atoms in total. The highest BCUT2D eigenvalue weighted by molar-refractivity contribution is 5.74. The van der Waals surface area contributed by atoms with Gasteiger partial charge in [-0.2, -0.15) is 0 Å². The monoisotopic (exact) mass is 215 g/mol. The Morgan fingerprint density at radius 2 is 2.27 bits per heavy atom. The van der Waals surface area contributed by atoms with Crippen LogP contribution in [0.4, 0.5) is 9.18 Å². The van der Waals surface area contributed by atoms with Crippen molar-refractivity contribution < 1.29 is 9.18 Å². The maximum absolute atomic E-state index is 12.9. The Balaban J connectivity index is 1.76. The van der Waals surface area contributed by atoms with Gasteiger partial charge in [0, 0.05) is 6.54 Å². The molecule has 2 aliphatic heterocycles. The van der Waals surface area contributed by atoms with Crippen LogP contribution in [0.25, 0.3) is 0 Å². The van der Waals surface area contributed by atoms with Crippen LogP contribution in [0.15, 0.2) is 0 Å². The number of urea groups is 1. The lowest BCUT2D eigenvalue weighted by molar-refractivity contribution is 0.194. The normalized spacial score (nSPS) is 31.7. The van der Waals surface area contributed by atoms with Crippen molar-refractivity contribution in [3.05, 3.63) is 0 Å². The van der Waals surface area contributed by atoms with E-state index in [1.807, 2.05) is 0 Å². The van der Waals surface area contributed by atoms with Crippen molar-refractivity contribution in [2.45, 2.75) is 38.0 Å². The zero-order chi connectivity index (χ0) is 10.7. The summed E-state index contributed by atoms with van der Waals surface area (Å²) in [6.45, 7) is 1.74. The molecule has 2 rings (SSSR count). The third-order valence-corrected chi connectivity index (χ3v) is 3.03. The lowest BCUT2D eigenvalue weighted by Crippen LogP contribution is -2.51. The SMILES string of the molecule is O=C(NC1CCCCN1)N1CCC(F)C1. The maximum atomic E-state index is 12.9. The fraction of sp³-hybridized carbons (Fsp3) is 0.900. The van der Waals surface area contributed by atoms with E-state index in [0.29, 0.717) is 13.0 Å². The molecule has 2 fully saturated rings. The second-order valence-electron chi connectivity index (χ2n) is 4.28. The number of halogens is 1. The summed E-state index contributed by atoms with van der Waals surface area (Å²) in [6.07, 6.45) is 3.00. The smallest absolute Gasteiger partial charge is 0.318 e. The van der Waals surface area contributed by atoms with Crippen molar-refractivity contribution in [3.8, 4) is 0 Å². The average molecular weight is 215 g/mol. The van der Waals surface area contributed by atoms with Crippen molar-refractivity contribution in [1.82, 2.24) is 15.5 Å². The molecular weight excluding hydrogens is 197 g/mol. The molecule has 0 bridgehead atoms. The minimum Gasteiger partial charge on any atom is -0.323 e. The van der Waals surface area contributed by atoms with Crippen LogP contribution in [-0.4, -0.2) is 42.9 Å². The molecule has 86 valence electrons. The molecule has 0 aromatic rings. The molecule has 0 spiro atoms. The van der Waals surface area contributed by atoms with Gasteiger partial charge in [0.05, 0.1) is 12.7 Å². The summed E-state index contributed by atoms with van der Waals surface area (Å²) in [5.41, 5.74) is 0. The topological polar surface area (TPSA) is 44.4 Å². The molecule has 2 heterocycles. The minimum absolute atomic E-state index is 0.0740. The summed E-state index contributed by atoms with van der Waals surface area (Å²) >= 11 is 0. The molecule has 2 aliphatic rings. The zero-order valence-electron chi connectivity index (χ0n) is 8.84. The van der Waals surface area contributed by atoms with Gasteiger partial charge < -0.3 is 10.2 Å². The number of hydrogen-bond donors (Lipinski definition) is 2. The molecule has 0 aliphatic carbocycles. The van der Waals surface area contributed by atoms with Crippen LogP contribution in [0.5, 0.6) is 0 Å². The predicted octanol–water partition coefficient (Wildman–Crippen LogP) is 0.839. The van der Waals surface area contributed by atoms with E-state index >= 15 is 0 Å². The molecule has 2 unspecified atom stereocenters. The highest BCUT2D eigenvalue weighted by Crippen LogP contribution is 2.12. The van der Waals surface area contributed by atoms with Gasteiger partial charge in [-0.3, -0.25) is 5.32 Å². The lowest BCUT2D eigenvalue weighted by Gasteiger charge is -2.26. The number of carbonyl (C=O) groups is 1. The fourth-order valence-corrected chi connectivity index (χ4v) is 2.12. The van der Waals surface area contributed by atoms with Gasteiger partial charge in [0.25, 0.3) is 0 Å². The van der Waals surface area contributed by atoms with Gasteiger partial charge in [-0.25, -0.2) is 9.18 Å². The van der Waals surface area contributed by atoms with E-state index in [4.69, 9.17) is 0 Å². The highest BCUT2D eigenvalue weighted by atomic mass is 19.1. The molecule has 0 saturated carbocycles. The van der Waals surface area contributed by atoms with Crippen molar-refractivity contribution in [1.29, 1.82) is 0 Å². The Kier molecular flexibility index (Phi) is 3.41. The molecule has 2 N–H and O–H groups in total. The third kappa shape index (κ3) is 2.81. The molecule has 15 heavy (non-hydrogen) atoms. The first-order chi connectivity index (χ1) is 7.25. The van der Waals surface area contributed by atoms with E-state index in [2.05, 4.69) is 10.6 Å². The second kappa shape index (κ2) is 4.79. The number of nitrogens with one attached hydrogen (secondary N) is 2. The summed E-state index contributed by atoms with van der Waals surface area (Å²) in [7, 11) is 0. The van der Waals surface area contributed by atoms with E-state index in [1.54, 1.807) is 4.90 Å². The largest absolute Gasteiger partial charge is 0.323 e. The molecule has 0 aromatic heterocycles. The molecule has 2 amide bonds. The number of nitrogens with zero attached hydrogens (tertiary/aromatic N) is 1. The molecular formula is C10H18FN3O. The summed E-state index contributed by atoms with van der Waals surface area (Å²) in [5.74, 6) is 0. The molecule has 2 atom stereocenters. The number of hydrogen-bond acceptors (Lipinski definition) is 2. The van der Waals surface area contributed by atoms with Gasteiger partial charge in [-0.1, -0.05) is 0 Å². The Labute approximate surface area is 89.2 Å². The van der Waals surface area contributed by atoms with Crippen LogP contribution in [0.3, 0.4) is 0 Å². The molecule has 2 saturated heterocycles. The van der Waals surface area contributed by atoms with Gasteiger partial charge in [-0.05, 0) is 32.2 Å². The third-order valence-electron chi connectivity index (χ3n) is 3.03. The number of alkyl halides is 1. The number of piperidine rings is 1. The van der Waals surface area contributed by atoms with E-state index < -0.39 is 6.17 Å². The molecule has 0 aromatic carbocycles. The van der Waals surface area contributed by atoms with Crippen molar-refractivity contribution >= 4 is 6.03 Å². The maximum Gasteiger partial charge on any atom is 0.318 e.